The Balaban J connectivity index is 2.48. The Kier molecular flexibility index (Phi) is 4.84. The van der Waals surface area contributed by atoms with Gasteiger partial charge in [0.05, 0.1) is 0 Å². The molecule has 70 valence electrons. The SMILES string of the molecule is CCCC/C=C/c1cccc(Br)c1. The van der Waals surface area contributed by atoms with Crippen LogP contribution in [0.15, 0.2) is 34.8 Å². The highest BCUT2D eigenvalue weighted by atomic mass is 79.9. The Bertz CT molecular complexity index is 276. The van der Waals surface area contributed by atoms with Crippen LogP contribution in [0.2, 0.25) is 0 Å². The van der Waals surface area contributed by atoms with E-state index in [1.165, 1.54) is 24.8 Å². The molecule has 1 aromatic rings. The van der Waals surface area contributed by atoms with Gasteiger partial charge in [-0.2, -0.15) is 0 Å². The fourth-order valence-corrected chi connectivity index (χ4v) is 1.57. The minimum absolute atomic E-state index is 1.14. The van der Waals surface area contributed by atoms with E-state index in [4.69, 9.17) is 0 Å². The van der Waals surface area contributed by atoms with Crippen molar-refractivity contribution < 1.29 is 0 Å². The molecule has 0 saturated heterocycles. The molecular weight excluding hydrogens is 224 g/mol. The van der Waals surface area contributed by atoms with Crippen LogP contribution in [0.3, 0.4) is 0 Å². The average molecular weight is 239 g/mol. The molecule has 0 aliphatic carbocycles. The van der Waals surface area contributed by atoms with Gasteiger partial charge in [-0.25, -0.2) is 0 Å². The van der Waals surface area contributed by atoms with Crippen molar-refractivity contribution in [2.45, 2.75) is 26.2 Å². The number of unbranched alkanes of at least 4 members (excludes halogenated alkanes) is 2. The summed E-state index contributed by atoms with van der Waals surface area (Å²) in [4.78, 5) is 0. The van der Waals surface area contributed by atoms with Gasteiger partial charge in [-0.3, -0.25) is 0 Å². The van der Waals surface area contributed by atoms with E-state index in [1.807, 2.05) is 6.07 Å². The van der Waals surface area contributed by atoms with E-state index in [-0.39, 0.29) is 0 Å². The third kappa shape index (κ3) is 4.28. The molecule has 0 saturated carbocycles. The molecule has 13 heavy (non-hydrogen) atoms. The topological polar surface area (TPSA) is 0 Å². The molecule has 0 aliphatic heterocycles. The average Bonchev–Trinajstić information content (AvgIpc) is 2.13. The van der Waals surface area contributed by atoms with Crippen LogP contribution in [0, 0.1) is 0 Å². The van der Waals surface area contributed by atoms with Gasteiger partial charge in [-0.15, -0.1) is 0 Å². The molecule has 0 unspecified atom stereocenters. The first-order valence-corrected chi connectivity index (χ1v) is 5.54. The van der Waals surface area contributed by atoms with Gasteiger partial charge >= 0.3 is 0 Å². The second-order valence-corrected chi connectivity index (χ2v) is 4.02. The maximum absolute atomic E-state index is 3.45. The number of hydrogen-bond acceptors (Lipinski definition) is 0. The molecule has 0 aromatic heterocycles. The lowest BCUT2D eigenvalue weighted by atomic mass is 10.2. The number of halogens is 1. The maximum Gasteiger partial charge on any atom is 0.0181 e. The van der Waals surface area contributed by atoms with Crippen LogP contribution in [0.4, 0.5) is 0 Å². The summed E-state index contributed by atoms with van der Waals surface area (Å²) in [5.41, 5.74) is 1.27. The smallest absolute Gasteiger partial charge is 0.0181 e. The number of hydrogen-bond donors (Lipinski definition) is 0. The summed E-state index contributed by atoms with van der Waals surface area (Å²) in [6, 6.07) is 8.35. The molecule has 0 atom stereocenters. The Morgan fingerprint density at radius 2 is 2.23 bits per heavy atom. The Hall–Kier alpha value is -0.560. The van der Waals surface area contributed by atoms with E-state index >= 15 is 0 Å². The van der Waals surface area contributed by atoms with Crippen LogP contribution in [0.25, 0.3) is 6.08 Å². The number of allylic oxidation sites excluding steroid dienone is 1. The first-order chi connectivity index (χ1) is 6.33. The van der Waals surface area contributed by atoms with Crippen molar-refractivity contribution in [3.63, 3.8) is 0 Å². The molecule has 0 aliphatic rings. The van der Waals surface area contributed by atoms with Crippen LogP contribution in [-0.2, 0) is 0 Å². The molecule has 0 spiro atoms. The third-order valence-electron chi connectivity index (χ3n) is 1.88. The fourth-order valence-electron chi connectivity index (χ4n) is 1.15. The minimum Gasteiger partial charge on any atom is -0.0839 e. The standard InChI is InChI=1S/C12H15Br/c1-2-3-4-5-7-11-8-6-9-12(13)10-11/h5-10H,2-4H2,1H3/b7-5+. The molecule has 1 heteroatoms. The summed E-state index contributed by atoms with van der Waals surface area (Å²) in [6.45, 7) is 2.22. The molecule has 0 N–H and O–H groups in total. The summed E-state index contributed by atoms with van der Waals surface area (Å²) in [5, 5.41) is 0. The normalized spacial score (nSPS) is 10.9. The highest BCUT2D eigenvalue weighted by Crippen LogP contribution is 2.13. The first kappa shape index (κ1) is 10.5. The number of benzene rings is 1. The van der Waals surface area contributed by atoms with Gasteiger partial charge in [0, 0.05) is 4.47 Å². The van der Waals surface area contributed by atoms with Crippen molar-refractivity contribution in [3.05, 3.63) is 40.4 Å². The van der Waals surface area contributed by atoms with E-state index in [2.05, 4.69) is 53.2 Å². The fraction of sp³-hybridized carbons (Fsp3) is 0.333. The molecular formula is C12H15Br. The van der Waals surface area contributed by atoms with Gasteiger partial charge < -0.3 is 0 Å². The second kappa shape index (κ2) is 5.98. The van der Waals surface area contributed by atoms with E-state index < -0.39 is 0 Å². The summed E-state index contributed by atoms with van der Waals surface area (Å²) in [7, 11) is 0. The van der Waals surface area contributed by atoms with Gasteiger partial charge in [0.25, 0.3) is 0 Å². The lowest BCUT2D eigenvalue weighted by Crippen LogP contribution is -1.72. The van der Waals surface area contributed by atoms with Crippen LogP contribution < -0.4 is 0 Å². The summed E-state index contributed by atoms with van der Waals surface area (Å²) < 4.78 is 1.14. The van der Waals surface area contributed by atoms with Crippen LogP contribution >= 0.6 is 15.9 Å². The summed E-state index contributed by atoms with van der Waals surface area (Å²) >= 11 is 3.45. The molecule has 0 heterocycles. The highest BCUT2D eigenvalue weighted by molar-refractivity contribution is 9.10. The van der Waals surface area contributed by atoms with Gasteiger partial charge in [0.2, 0.25) is 0 Å². The zero-order valence-electron chi connectivity index (χ0n) is 7.96. The zero-order chi connectivity index (χ0) is 9.52. The number of rotatable bonds is 4. The van der Waals surface area contributed by atoms with Crippen molar-refractivity contribution in [2.24, 2.45) is 0 Å². The highest BCUT2D eigenvalue weighted by Gasteiger charge is 1.87. The van der Waals surface area contributed by atoms with E-state index in [1.54, 1.807) is 0 Å². The Labute approximate surface area is 88.8 Å². The molecule has 1 rings (SSSR count). The van der Waals surface area contributed by atoms with Crippen LogP contribution in [-0.4, -0.2) is 0 Å². The quantitative estimate of drug-likeness (QED) is 0.670. The van der Waals surface area contributed by atoms with Gasteiger partial charge in [0.1, 0.15) is 0 Å². The minimum atomic E-state index is 1.14. The van der Waals surface area contributed by atoms with Crippen LogP contribution in [0.1, 0.15) is 31.7 Å². The van der Waals surface area contributed by atoms with Gasteiger partial charge in [0.15, 0.2) is 0 Å². The van der Waals surface area contributed by atoms with Gasteiger partial charge in [-0.1, -0.05) is 60.0 Å². The maximum atomic E-state index is 3.45. The van der Waals surface area contributed by atoms with Crippen LogP contribution in [0.5, 0.6) is 0 Å². The summed E-state index contributed by atoms with van der Waals surface area (Å²) in [6.07, 6.45) is 8.15. The molecule has 0 nitrogen and oxygen atoms in total. The molecule has 0 radical (unpaired) electrons. The monoisotopic (exact) mass is 238 g/mol. The lowest BCUT2D eigenvalue weighted by Gasteiger charge is -1.94. The largest absolute Gasteiger partial charge is 0.0839 e. The Morgan fingerprint density at radius 1 is 1.38 bits per heavy atom. The van der Waals surface area contributed by atoms with Crippen molar-refractivity contribution in [1.82, 2.24) is 0 Å². The van der Waals surface area contributed by atoms with Crippen molar-refractivity contribution in [1.29, 1.82) is 0 Å². The summed E-state index contributed by atoms with van der Waals surface area (Å²) in [5.74, 6) is 0. The zero-order valence-corrected chi connectivity index (χ0v) is 9.55. The van der Waals surface area contributed by atoms with Crippen molar-refractivity contribution in [3.8, 4) is 0 Å². The lowest BCUT2D eigenvalue weighted by molar-refractivity contribution is 0.816. The van der Waals surface area contributed by atoms with Gasteiger partial charge in [-0.05, 0) is 24.1 Å². The predicted octanol–water partition coefficient (Wildman–Crippen LogP) is 4.65. The predicted molar refractivity (Wildman–Crippen MR) is 62.7 cm³/mol. The Morgan fingerprint density at radius 3 is 2.92 bits per heavy atom. The molecule has 0 bridgehead atoms. The molecule has 0 amide bonds. The van der Waals surface area contributed by atoms with E-state index in [0.717, 1.165) is 4.47 Å². The molecule has 0 fully saturated rings. The van der Waals surface area contributed by atoms with Crippen molar-refractivity contribution >= 4 is 22.0 Å². The van der Waals surface area contributed by atoms with E-state index in [9.17, 15) is 0 Å². The van der Waals surface area contributed by atoms with E-state index in [0.29, 0.717) is 0 Å². The third-order valence-corrected chi connectivity index (χ3v) is 2.38. The second-order valence-electron chi connectivity index (χ2n) is 3.10. The molecule has 1 aromatic carbocycles. The first-order valence-electron chi connectivity index (χ1n) is 4.75. The van der Waals surface area contributed by atoms with Crippen molar-refractivity contribution in [2.75, 3.05) is 0 Å².